The number of para-hydroxylation sites is 1. The van der Waals surface area contributed by atoms with Crippen LogP contribution in [0.1, 0.15) is 18.4 Å². The number of morpholine rings is 1. The molecule has 2 fully saturated rings. The molecule has 1 aliphatic carbocycles. The predicted molar refractivity (Wildman–Crippen MR) is 79.2 cm³/mol. The predicted octanol–water partition coefficient (Wildman–Crippen LogP) is 1.17. The summed E-state index contributed by atoms with van der Waals surface area (Å²) in [6, 6.07) is 8.04. The van der Waals surface area contributed by atoms with Crippen molar-refractivity contribution in [3.63, 3.8) is 0 Å². The monoisotopic (exact) mass is 290 g/mol. The van der Waals surface area contributed by atoms with Gasteiger partial charge in [-0.2, -0.15) is 0 Å². The molecule has 1 atom stereocenters. The van der Waals surface area contributed by atoms with Crippen LogP contribution in [0, 0.1) is 0 Å². The van der Waals surface area contributed by atoms with Gasteiger partial charge in [0, 0.05) is 24.7 Å². The number of hydrogen-bond donors (Lipinski definition) is 1. The third-order valence-electron chi connectivity index (χ3n) is 4.02. The average Bonchev–Trinajstić information content (AvgIpc) is 3.38. The van der Waals surface area contributed by atoms with Crippen LogP contribution < -0.4 is 10.1 Å². The highest BCUT2D eigenvalue weighted by atomic mass is 16.5. The van der Waals surface area contributed by atoms with Crippen molar-refractivity contribution in [3.05, 3.63) is 29.8 Å². The first kappa shape index (κ1) is 14.4. The first-order valence-electron chi connectivity index (χ1n) is 7.53. The van der Waals surface area contributed by atoms with Gasteiger partial charge in [0.05, 0.1) is 20.3 Å². The lowest BCUT2D eigenvalue weighted by molar-refractivity contribution is -0.137. The molecule has 0 bridgehead atoms. The number of rotatable bonds is 5. The number of carbonyl (C=O) groups is 1. The van der Waals surface area contributed by atoms with Gasteiger partial charge in [-0.3, -0.25) is 4.79 Å². The Hall–Kier alpha value is -1.59. The fraction of sp³-hybridized carbons (Fsp3) is 0.562. The van der Waals surface area contributed by atoms with Crippen LogP contribution in [0.4, 0.5) is 0 Å². The molecule has 1 saturated heterocycles. The van der Waals surface area contributed by atoms with Crippen LogP contribution >= 0.6 is 0 Å². The number of ether oxygens (including phenoxy) is 2. The van der Waals surface area contributed by atoms with E-state index in [0.29, 0.717) is 25.8 Å². The second-order valence-corrected chi connectivity index (χ2v) is 5.59. The van der Waals surface area contributed by atoms with Crippen LogP contribution in [0.5, 0.6) is 5.75 Å². The summed E-state index contributed by atoms with van der Waals surface area (Å²) in [7, 11) is 1.67. The van der Waals surface area contributed by atoms with E-state index < -0.39 is 0 Å². The Kier molecular flexibility index (Phi) is 4.41. The Morgan fingerprint density at radius 2 is 2.24 bits per heavy atom. The maximum absolute atomic E-state index is 12.7. The summed E-state index contributed by atoms with van der Waals surface area (Å²) in [5.41, 5.74) is 1.05. The number of nitrogens with zero attached hydrogens (tertiary/aromatic N) is 1. The SMILES string of the molecule is COc1ccccc1CN(C(=O)C1COCCN1)C1CC1. The Bertz CT molecular complexity index is 496. The third-order valence-corrected chi connectivity index (χ3v) is 4.02. The first-order chi connectivity index (χ1) is 10.3. The van der Waals surface area contributed by atoms with Crippen molar-refractivity contribution in [2.75, 3.05) is 26.9 Å². The smallest absolute Gasteiger partial charge is 0.242 e. The van der Waals surface area contributed by atoms with Crippen molar-refractivity contribution in [2.24, 2.45) is 0 Å². The van der Waals surface area contributed by atoms with Crippen LogP contribution in [0.25, 0.3) is 0 Å². The lowest BCUT2D eigenvalue weighted by atomic mass is 10.1. The van der Waals surface area contributed by atoms with Crippen LogP contribution in [-0.2, 0) is 16.1 Å². The average molecular weight is 290 g/mol. The van der Waals surface area contributed by atoms with Crippen LogP contribution in [0.2, 0.25) is 0 Å². The van der Waals surface area contributed by atoms with E-state index >= 15 is 0 Å². The van der Waals surface area contributed by atoms with Crippen molar-refractivity contribution in [1.29, 1.82) is 0 Å². The zero-order chi connectivity index (χ0) is 14.7. The molecule has 21 heavy (non-hydrogen) atoms. The minimum atomic E-state index is -0.214. The van der Waals surface area contributed by atoms with Gasteiger partial charge in [-0.05, 0) is 18.9 Å². The molecule has 1 heterocycles. The Morgan fingerprint density at radius 1 is 1.43 bits per heavy atom. The van der Waals surface area contributed by atoms with E-state index in [0.717, 1.165) is 30.7 Å². The summed E-state index contributed by atoms with van der Waals surface area (Å²) in [5, 5.41) is 3.25. The van der Waals surface area contributed by atoms with E-state index in [-0.39, 0.29) is 11.9 Å². The molecule has 114 valence electrons. The van der Waals surface area contributed by atoms with Gasteiger partial charge in [-0.1, -0.05) is 18.2 Å². The van der Waals surface area contributed by atoms with Gasteiger partial charge in [0.25, 0.3) is 0 Å². The number of hydrogen-bond acceptors (Lipinski definition) is 4. The van der Waals surface area contributed by atoms with Crippen molar-refractivity contribution in [2.45, 2.75) is 31.5 Å². The van der Waals surface area contributed by atoms with Crippen molar-refractivity contribution < 1.29 is 14.3 Å². The molecule has 2 aliphatic rings. The molecule has 1 N–H and O–H groups in total. The minimum absolute atomic E-state index is 0.142. The van der Waals surface area contributed by atoms with Crippen LogP contribution in [0.3, 0.4) is 0 Å². The fourth-order valence-electron chi connectivity index (χ4n) is 2.71. The summed E-state index contributed by atoms with van der Waals surface area (Å²) >= 11 is 0. The number of amides is 1. The fourth-order valence-corrected chi connectivity index (χ4v) is 2.71. The van der Waals surface area contributed by atoms with Crippen molar-refractivity contribution in [1.82, 2.24) is 10.2 Å². The summed E-state index contributed by atoms with van der Waals surface area (Å²) in [6.45, 7) is 2.49. The van der Waals surface area contributed by atoms with Crippen molar-refractivity contribution >= 4 is 5.91 Å². The van der Waals surface area contributed by atoms with E-state index in [1.807, 2.05) is 29.2 Å². The highest BCUT2D eigenvalue weighted by molar-refractivity contribution is 5.82. The zero-order valence-electron chi connectivity index (χ0n) is 12.4. The van der Waals surface area contributed by atoms with E-state index in [2.05, 4.69) is 5.32 Å². The molecule has 0 aromatic heterocycles. The van der Waals surface area contributed by atoms with Gasteiger partial charge in [-0.25, -0.2) is 0 Å². The maximum Gasteiger partial charge on any atom is 0.242 e. The molecule has 1 aromatic rings. The highest BCUT2D eigenvalue weighted by Crippen LogP contribution is 2.31. The quantitative estimate of drug-likeness (QED) is 0.884. The third kappa shape index (κ3) is 3.36. The van der Waals surface area contributed by atoms with Crippen molar-refractivity contribution in [3.8, 4) is 5.75 Å². The molecule has 1 amide bonds. The Labute approximate surface area is 125 Å². The number of carbonyl (C=O) groups excluding carboxylic acids is 1. The van der Waals surface area contributed by atoms with Gasteiger partial charge in [0.15, 0.2) is 0 Å². The summed E-state index contributed by atoms with van der Waals surface area (Å²) in [4.78, 5) is 14.7. The summed E-state index contributed by atoms with van der Waals surface area (Å²) in [6.07, 6.45) is 2.18. The second kappa shape index (κ2) is 6.45. The molecule has 0 radical (unpaired) electrons. The summed E-state index contributed by atoms with van der Waals surface area (Å²) < 4.78 is 10.8. The van der Waals surface area contributed by atoms with E-state index in [4.69, 9.17) is 9.47 Å². The molecule has 1 aromatic carbocycles. The normalized spacial score (nSPS) is 21.9. The molecule has 5 nitrogen and oxygen atoms in total. The van der Waals surface area contributed by atoms with E-state index in [1.165, 1.54) is 0 Å². The van der Waals surface area contributed by atoms with Gasteiger partial charge >= 0.3 is 0 Å². The maximum atomic E-state index is 12.7. The molecule has 5 heteroatoms. The standard InChI is InChI=1S/C16H22N2O3/c1-20-15-5-3-2-4-12(15)10-18(13-6-7-13)16(19)14-11-21-9-8-17-14/h2-5,13-14,17H,6-11H2,1H3. The largest absolute Gasteiger partial charge is 0.496 e. The minimum Gasteiger partial charge on any atom is -0.496 e. The van der Waals surface area contributed by atoms with Crippen LogP contribution in [-0.4, -0.2) is 49.8 Å². The van der Waals surface area contributed by atoms with Gasteiger partial charge in [0.1, 0.15) is 11.8 Å². The molecule has 0 spiro atoms. The van der Waals surface area contributed by atoms with Crippen LogP contribution in [0.15, 0.2) is 24.3 Å². The molecule has 3 rings (SSSR count). The topological polar surface area (TPSA) is 50.8 Å². The molecular weight excluding hydrogens is 268 g/mol. The lowest BCUT2D eigenvalue weighted by Gasteiger charge is -2.30. The highest BCUT2D eigenvalue weighted by Gasteiger charge is 2.36. The summed E-state index contributed by atoms with van der Waals surface area (Å²) in [5.74, 6) is 0.979. The Balaban J connectivity index is 1.73. The number of benzene rings is 1. The second-order valence-electron chi connectivity index (χ2n) is 5.59. The first-order valence-corrected chi connectivity index (χ1v) is 7.53. The zero-order valence-corrected chi connectivity index (χ0v) is 12.4. The number of methoxy groups -OCH3 is 1. The molecule has 1 aliphatic heterocycles. The van der Waals surface area contributed by atoms with E-state index in [1.54, 1.807) is 7.11 Å². The van der Waals surface area contributed by atoms with Gasteiger partial charge in [-0.15, -0.1) is 0 Å². The lowest BCUT2D eigenvalue weighted by Crippen LogP contribution is -2.52. The number of nitrogens with one attached hydrogen (secondary N) is 1. The van der Waals surface area contributed by atoms with E-state index in [9.17, 15) is 4.79 Å². The van der Waals surface area contributed by atoms with Gasteiger partial charge in [0.2, 0.25) is 5.91 Å². The molecule has 1 saturated carbocycles. The Morgan fingerprint density at radius 3 is 2.90 bits per heavy atom. The van der Waals surface area contributed by atoms with Gasteiger partial charge < -0.3 is 19.7 Å². The molecule has 1 unspecified atom stereocenters. The molecular formula is C16H22N2O3.